The van der Waals surface area contributed by atoms with Crippen LogP contribution in [0.5, 0.6) is 11.6 Å². The van der Waals surface area contributed by atoms with Gasteiger partial charge in [0.25, 0.3) is 0 Å². The van der Waals surface area contributed by atoms with E-state index < -0.39 is 6.10 Å². The number of rotatable bonds is 13. The van der Waals surface area contributed by atoms with E-state index in [4.69, 9.17) is 14.6 Å². The van der Waals surface area contributed by atoms with Crippen LogP contribution >= 0.6 is 0 Å². The molecule has 0 aliphatic heterocycles. The second-order valence-electron chi connectivity index (χ2n) is 8.39. The summed E-state index contributed by atoms with van der Waals surface area (Å²) in [4.78, 5) is 2.17. The lowest BCUT2D eigenvalue weighted by atomic mass is 10.1. The zero-order chi connectivity index (χ0) is 24.5. The number of aryl methyl sites for hydroxylation is 1. The number of halogens is 1. The van der Waals surface area contributed by atoms with Gasteiger partial charge in [-0.2, -0.15) is 5.10 Å². The quantitative estimate of drug-likeness (QED) is 0.279. The molecule has 0 fully saturated rings. The molecule has 0 aliphatic carbocycles. The summed E-state index contributed by atoms with van der Waals surface area (Å²) in [6.45, 7) is 11.5. The molecule has 3 rings (SSSR count). The Kier molecular flexibility index (Phi) is 9.39. The lowest BCUT2D eigenvalue weighted by Crippen LogP contribution is -2.39. The van der Waals surface area contributed by atoms with Crippen molar-refractivity contribution in [3.63, 3.8) is 0 Å². The minimum Gasteiger partial charge on any atom is -0.439 e. The fraction of sp³-hybridized carbons (Fsp3) is 0.370. The van der Waals surface area contributed by atoms with Crippen LogP contribution in [0.2, 0.25) is 0 Å². The number of hydrogen-bond donors (Lipinski definition) is 1. The maximum Gasteiger partial charge on any atom is 0.227 e. The van der Waals surface area contributed by atoms with Crippen molar-refractivity contribution in [1.82, 2.24) is 14.7 Å². The molecule has 0 aliphatic rings. The second kappa shape index (κ2) is 12.5. The van der Waals surface area contributed by atoms with Gasteiger partial charge in [-0.25, -0.2) is 9.07 Å². The zero-order valence-corrected chi connectivity index (χ0v) is 20.2. The van der Waals surface area contributed by atoms with Gasteiger partial charge in [0, 0.05) is 19.1 Å². The molecule has 1 aromatic heterocycles. The van der Waals surface area contributed by atoms with Gasteiger partial charge in [-0.05, 0) is 56.7 Å². The summed E-state index contributed by atoms with van der Waals surface area (Å²) in [5.74, 6) is 0.956. The van der Waals surface area contributed by atoms with Crippen molar-refractivity contribution >= 4 is 0 Å². The van der Waals surface area contributed by atoms with Gasteiger partial charge < -0.3 is 14.6 Å². The lowest BCUT2D eigenvalue weighted by molar-refractivity contribution is 0.0176. The highest BCUT2D eigenvalue weighted by Gasteiger charge is 2.25. The van der Waals surface area contributed by atoms with Crippen LogP contribution in [0, 0.1) is 5.82 Å². The SMILES string of the molecule is C=CCOCC(O)CN(Cc1c(CC)nn(-c2ccc(F)cc2)c1Oc1ccccc1)C(C)C. The first kappa shape index (κ1) is 25.6. The molecule has 0 bridgehead atoms. The lowest BCUT2D eigenvalue weighted by Gasteiger charge is -2.29. The van der Waals surface area contributed by atoms with Crippen molar-refractivity contribution in [2.75, 3.05) is 19.8 Å². The smallest absolute Gasteiger partial charge is 0.227 e. The summed E-state index contributed by atoms with van der Waals surface area (Å²) >= 11 is 0. The van der Waals surface area contributed by atoms with Crippen LogP contribution in [0.4, 0.5) is 4.39 Å². The maximum absolute atomic E-state index is 13.6. The Hall–Kier alpha value is -3.00. The third-order valence-corrected chi connectivity index (χ3v) is 5.47. The molecule has 6 nitrogen and oxygen atoms in total. The Bertz CT molecular complexity index is 1040. The van der Waals surface area contributed by atoms with Crippen LogP contribution in [0.25, 0.3) is 5.69 Å². The van der Waals surface area contributed by atoms with Crippen molar-refractivity contribution in [2.45, 2.75) is 45.9 Å². The molecule has 7 heteroatoms. The van der Waals surface area contributed by atoms with E-state index in [-0.39, 0.29) is 18.5 Å². The van der Waals surface area contributed by atoms with Crippen LogP contribution in [-0.4, -0.2) is 51.7 Å². The fourth-order valence-electron chi connectivity index (χ4n) is 3.65. The molecular formula is C27H34FN3O3. The number of hydrogen-bond acceptors (Lipinski definition) is 5. The normalized spacial score (nSPS) is 12.3. The van der Waals surface area contributed by atoms with Crippen molar-refractivity contribution in [3.05, 3.63) is 84.3 Å². The van der Waals surface area contributed by atoms with Crippen LogP contribution in [-0.2, 0) is 17.7 Å². The van der Waals surface area contributed by atoms with Crippen molar-refractivity contribution in [3.8, 4) is 17.3 Å². The van der Waals surface area contributed by atoms with Crippen molar-refractivity contribution in [1.29, 1.82) is 0 Å². The van der Waals surface area contributed by atoms with Crippen molar-refractivity contribution < 1.29 is 19.0 Å². The predicted octanol–water partition coefficient (Wildman–Crippen LogP) is 5.14. The topological polar surface area (TPSA) is 59.8 Å². The highest BCUT2D eigenvalue weighted by atomic mass is 19.1. The summed E-state index contributed by atoms with van der Waals surface area (Å²) in [5, 5.41) is 15.3. The summed E-state index contributed by atoms with van der Waals surface area (Å²) in [6, 6.07) is 15.9. The zero-order valence-electron chi connectivity index (χ0n) is 20.2. The summed E-state index contributed by atoms with van der Waals surface area (Å²) in [7, 11) is 0. The van der Waals surface area contributed by atoms with Crippen LogP contribution < -0.4 is 4.74 Å². The number of ether oxygens (including phenoxy) is 2. The Morgan fingerprint density at radius 2 is 1.85 bits per heavy atom. The Morgan fingerprint density at radius 3 is 2.47 bits per heavy atom. The van der Waals surface area contributed by atoms with Gasteiger partial charge in [0.2, 0.25) is 5.88 Å². The van der Waals surface area contributed by atoms with Crippen molar-refractivity contribution in [2.24, 2.45) is 0 Å². The summed E-state index contributed by atoms with van der Waals surface area (Å²) in [5.41, 5.74) is 2.53. The molecule has 182 valence electrons. The van der Waals surface area contributed by atoms with Gasteiger partial charge in [0.05, 0.1) is 36.3 Å². The number of aromatic nitrogens is 2. The molecule has 0 saturated heterocycles. The molecule has 2 aromatic carbocycles. The van der Waals surface area contributed by atoms with E-state index in [0.717, 1.165) is 11.3 Å². The standard InChI is InChI=1S/C27H34FN3O3/c1-5-16-33-19-23(32)17-30(20(3)4)18-25-26(6-2)29-31(22-14-12-21(28)13-15-22)27(25)34-24-10-8-7-9-11-24/h5,7-15,20,23,32H,1,6,16-19H2,2-4H3. The van der Waals surface area contributed by atoms with E-state index in [2.05, 4.69) is 25.3 Å². The molecule has 0 spiro atoms. The van der Waals surface area contributed by atoms with Gasteiger partial charge in [-0.1, -0.05) is 31.2 Å². The first-order chi connectivity index (χ1) is 16.4. The first-order valence-corrected chi connectivity index (χ1v) is 11.6. The highest BCUT2D eigenvalue weighted by molar-refractivity contribution is 5.44. The van der Waals surface area contributed by atoms with E-state index in [1.165, 1.54) is 12.1 Å². The molecule has 1 atom stereocenters. The van der Waals surface area contributed by atoms with E-state index in [1.807, 2.05) is 37.3 Å². The Labute approximate surface area is 201 Å². The number of aliphatic hydroxyl groups is 1. The van der Waals surface area contributed by atoms with Gasteiger partial charge in [0.15, 0.2) is 0 Å². The van der Waals surface area contributed by atoms with Gasteiger partial charge in [-0.15, -0.1) is 6.58 Å². The van der Waals surface area contributed by atoms with Crippen LogP contribution in [0.15, 0.2) is 67.3 Å². The monoisotopic (exact) mass is 467 g/mol. The molecule has 0 radical (unpaired) electrons. The molecule has 1 N–H and O–H groups in total. The fourth-order valence-corrected chi connectivity index (χ4v) is 3.65. The van der Waals surface area contributed by atoms with E-state index >= 15 is 0 Å². The minimum atomic E-state index is -0.641. The molecule has 34 heavy (non-hydrogen) atoms. The van der Waals surface area contributed by atoms with E-state index in [1.54, 1.807) is 22.9 Å². The maximum atomic E-state index is 13.6. The second-order valence-corrected chi connectivity index (χ2v) is 8.39. The average molecular weight is 468 g/mol. The molecule has 0 saturated carbocycles. The first-order valence-electron chi connectivity index (χ1n) is 11.6. The number of aliphatic hydroxyl groups excluding tert-OH is 1. The predicted molar refractivity (Wildman–Crippen MR) is 132 cm³/mol. The Balaban J connectivity index is 1.98. The molecule has 0 amide bonds. The molecule has 1 heterocycles. The highest BCUT2D eigenvalue weighted by Crippen LogP contribution is 2.32. The summed E-state index contributed by atoms with van der Waals surface area (Å²) < 4.78 is 27.1. The van der Waals surface area contributed by atoms with Crippen LogP contribution in [0.1, 0.15) is 32.0 Å². The number of benzene rings is 2. The number of nitrogens with zero attached hydrogens (tertiary/aromatic N) is 3. The largest absolute Gasteiger partial charge is 0.439 e. The van der Waals surface area contributed by atoms with Gasteiger partial charge in [0.1, 0.15) is 11.6 Å². The third-order valence-electron chi connectivity index (χ3n) is 5.47. The summed E-state index contributed by atoms with van der Waals surface area (Å²) in [6.07, 6.45) is 1.72. The van der Waals surface area contributed by atoms with Gasteiger partial charge >= 0.3 is 0 Å². The van der Waals surface area contributed by atoms with E-state index in [0.29, 0.717) is 43.4 Å². The van der Waals surface area contributed by atoms with E-state index in [9.17, 15) is 9.50 Å². The molecule has 1 unspecified atom stereocenters. The molecular weight excluding hydrogens is 433 g/mol. The average Bonchev–Trinajstić information content (AvgIpc) is 3.17. The third kappa shape index (κ3) is 6.76. The Morgan fingerprint density at radius 1 is 1.15 bits per heavy atom. The number of para-hydroxylation sites is 1. The van der Waals surface area contributed by atoms with Crippen LogP contribution in [0.3, 0.4) is 0 Å². The minimum absolute atomic E-state index is 0.164. The molecule has 3 aromatic rings. The van der Waals surface area contributed by atoms with Gasteiger partial charge in [-0.3, -0.25) is 4.90 Å².